The van der Waals surface area contributed by atoms with Crippen LogP contribution >= 0.6 is 0 Å². The molecule has 0 atom stereocenters. The molecule has 0 saturated carbocycles. The molecule has 9 heteroatoms. The molecule has 2 aromatic rings. The van der Waals surface area contributed by atoms with Crippen molar-refractivity contribution in [2.45, 2.75) is 13.1 Å². The van der Waals surface area contributed by atoms with Gasteiger partial charge in [-0.1, -0.05) is 12.1 Å². The van der Waals surface area contributed by atoms with Gasteiger partial charge in [-0.25, -0.2) is 8.42 Å². The molecule has 1 amide bonds. The molecule has 2 N–H and O–H groups in total. The van der Waals surface area contributed by atoms with Gasteiger partial charge in [0.15, 0.2) is 0 Å². The molecular weight excluding hydrogens is 357 g/mol. The molecule has 0 unspecified atom stereocenters. The Morgan fingerprint density at radius 1 is 1.08 bits per heavy atom. The van der Waals surface area contributed by atoms with Crippen molar-refractivity contribution in [3.8, 4) is 0 Å². The highest BCUT2D eigenvalue weighted by molar-refractivity contribution is 7.92. The summed E-state index contributed by atoms with van der Waals surface area (Å²) in [6.07, 6.45) is -3.54. The number of amides is 1. The van der Waals surface area contributed by atoms with E-state index in [1.165, 1.54) is 37.3 Å². The van der Waals surface area contributed by atoms with Crippen LogP contribution in [0.5, 0.6) is 0 Å². The Morgan fingerprint density at radius 2 is 1.72 bits per heavy atom. The number of sulfonamides is 1. The number of benzene rings is 2. The zero-order chi connectivity index (χ0) is 18.8. The SMILES string of the molecule is Cc1c(NS(C)(=O)=O)cccc1C(=O)Nc1cccc(C(F)(F)F)c1. The fraction of sp³-hybridized carbons (Fsp3) is 0.188. The molecule has 0 bridgehead atoms. The maximum Gasteiger partial charge on any atom is 0.416 e. The monoisotopic (exact) mass is 372 g/mol. The molecule has 2 aromatic carbocycles. The van der Waals surface area contributed by atoms with E-state index in [1.54, 1.807) is 0 Å². The van der Waals surface area contributed by atoms with E-state index in [-0.39, 0.29) is 16.9 Å². The van der Waals surface area contributed by atoms with Crippen molar-refractivity contribution < 1.29 is 26.4 Å². The summed E-state index contributed by atoms with van der Waals surface area (Å²) in [5, 5.41) is 2.39. The maximum atomic E-state index is 12.7. The maximum absolute atomic E-state index is 12.7. The predicted octanol–water partition coefficient (Wildman–Crippen LogP) is 3.64. The summed E-state index contributed by atoms with van der Waals surface area (Å²) in [7, 11) is -3.53. The fourth-order valence-electron chi connectivity index (χ4n) is 2.16. The second-order valence-corrected chi connectivity index (χ2v) is 7.13. The molecule has 0 fully saturated rings. The molecule has 0 aliphatic rings. The summed E-state index contributed by atoms with van der Waals surface area (Å²) in [5.41, 5.74) is -0.169. The van der Waals surface area contributed by atoms with Crippen molar-refractivity contribution in [3.63, 3.8) is 0 Å². The molecule has 5 nitrogen and oxygen atoms in total. The van der Waals surface area contributed by atoms with Crippen molar-refractivity contribution in [3.05, 3.63) is 59.2 Å². The van der Waals surface area contributed by atoms with E-state index < -0.39 is 27.7 Å². The predicted molar refractivity (Wildman–Crippen MR) is 89.0 cm³/mol. The largest absolute Gasteiger partial charge is 0.416 e. The van der Waals surface area contributed by atoms with Crippen molar-refractivity contribution >= 4 is 27.3 Å². The van der Waals surface area contributed by atoms with Gasteiger partial charge in [0, 0.05) is 11.3 Å². The van der Waals surface area contributed by atoms with Gasteiger partial charge < -0.3 is 5.32 Å². The number of alkyl halides is 3. The third-order valence-electron chi connectivity index (χ3n) is 3.32. The van der Waals surface area contributed by atoms with Crippen LogP contribution in [0, 0.1) is 6.92 Å². The van der Waals surface area contributed by atoms with E-state index >= 15 is 0 Å². The van der Waals surface area contributed by atoms with Crippen LogP contribution in [0.2, 0.25) is 0 Å². The number of rotatable bonds is 4. The average molecular weight is 372 g/mol. The van der Waals surface area contributed by atoms with Crippen LogP contribution in [-0.4, -0.2) is 20.6 Å². The quantitative estimate of drug-likeness (QED) is 0.860. The van der Waals surface area contributed by atoms with Gasteiger partial charge in [0.1, 0.15) is 0 Å². The van der Waals surface area contributed by atoms with Crippen LogP contribution < -0.4 is 10.0 Å². The van der Waals surface area contributed by atoms with Crippen LogP contribution in [0.15, 0.2) is 42.5 Å². The molecule has 0 aromatic heterocycles. The first-order chi connectivity index (χ1) is 11.5. The van der Waals surface area contributed by atoms with E-state index in [1.807, 2.05) is 0 Å². The Morgan fingerprint density at radius 3 is 2.32 bits per heavy atom. The zero-order valence-electron chi connectivity index (χ0n) is 13.3. The van der Waals surface area contributed by atoms with Crippen LogP contribution in [0.3, 0.4) is 0 Å². The zero-order valence-corrected chi connectivity index (χ0v) is 14.1. The topological polar surface area (TPSA) is 75.3 Å². The smallest absolute Gasteiger partial charge is 0.322 e. The highest BCUT2D eigenvalue weighted by atomic mass is 32.2. The molecular formula is C16H15F3N2O3S. The number of hydrogen-bond acceptors (Lipinski definition) is 3. The van der Waals surface area contributed by atoms with Gasteiger partial charge in [0.05, 0.1) is 17.5 Å². The third kappa shape index (κ3) is 4.96. The van der Waals surface area contributed by atoms with Gasteiger partial charge in [-0.15, -0.1) is 0 Å². The molecule has 0 heterocycles. The Bertz CT molecular complexity index is 909. The molecule has 25 heavy (non-hydrogen) atoms. The number of anilines is 2. The molecule has 0 aliphatic carbocycles. The lowest BCUT2D eigenvalue weighted by Gasteiger charge is -2.13. The van der Waals surface area contributed by atoms with E-state index in [9.17, 15) is 26.4 Å². The number of carbonyl (C=O) groups excluding carboxylic acids is 1. The lowest BCUT2D eigenvalue weighted by molar-refractivity contribution is -0.137. The third-order valence-corrected chi connectivity index (χ3v) is 3.91. The first-order valence-corrected chi connectivity index (χ1v) is 8.92. The number of nitrogens with one attached hydrogen (secondary N) is 2. The summed E-state index contributed by atoms with van der Waals surface area (Å²) in [4.78, 5) is 12.3. The standard InChI is InChI=1S/C16H15F3N2O3S/c1-10-13(7-4-8-14(10)21-25(2,23)24)15(22)20-12-6-3-5-11(9-12)16(17,18)19/h3-9,21H,1-2H3,(H,20,22). The van der Waals surface area contributed by atoms with Gasteiger partial charge in [-0.05, 0) is 42.8 Å². The number of carbonyl (C=O) groups is 1. The summed E-state index contributed by atoms with van der Waals surface area (Å²) in [5.74, 6) is -0.644. The summed E-state index contributed by atoms with van der Waals surface area (Å²) < 4.78 is 63.1. The summed E-state index contributed by atoms with van der Waals surface area (Å²) in [6, 6.07) is 8.65. The normalized spacial score (nSPS) is 11.9. The Labute approximate surface area is 142 Å². The van der Waals surface area contributed by atoms with Gasteiger partial charge in [-0.2, -0.15) is 13.2 Å². The Balaban J connectivity index is 2.29. The van der Waals surface area contributed by atoms with E-state index in [0.29, 0.717) is 5.56 Å². The van der Waals surface area contributed by atoms with Crippen molar-refractivity contribution in [2.24, 2.45) is 0 Å². The van der Waals surface area contributed by atoms with E-state index in [0.717, 1.165) is 18.4 Å². The van der Waals surface area contributed by atoms with Crippen LogP contribution in [0.25, 0.3) is 0 Å². The minimum Gasteiger partial charge on any atom is -0.322 e. The van der Waals surface area contributed by atoms with Crippen LogP contribution in [-0.2, 0) is 16.2 Å². The van der Waals surface area contributed by atoms with Gasteiger partial charge in [0.2, 0.25) is 10.0 Å². The van der Waals surface area contributed by atoms with Crippen molar-refractivity contribution in [2.75, 3.05) is 16.3 Å². The fourth-order valence-corrected chi connectivity index (χ4v) is 2.78. The minimum atomic E-state index is -4.52. The lowest BCUT2D eigenvalue weighted by atomic mass is 10.1. The highest BCUT2D eigenvalue weighted by Gasteiger charge is 2.30. The second kappa shape index (κ2) is 6.75. The Kier molecular flexibility index (Phi) is 5.07. The summed E-state index contributed by atoms with van der Waals surface area (Å²) in [6.45, 7) is 1.54. The molecule has 134 valence electrons. The first kappa shape index (κ1) is 18.8. The molecule has 0 radical (unpaired) electrons. The molecule has 0 spiro atoms. The molecule has 2 rings (SSSR count). The van der Waals surface area contributed by atoms with Crippen LogP contribution in [0.4, 0.5) is 24.5 Å². The second-order valence-electron chi connectivity index (χ2n) is 5.39. The van der Waals surface area contributed by atoms with E-state index in [2.05, 4.69) is 10.0 Å². The Hall–Kier alpha value is -2.55. The summed E-state index contributed by atoms with van der Waals surface area (Å²) >= 11 is 0. The van der Waals surface area contributed by atoms with E-state index in [4.69, 9.17) is 0 Å². The van der Waals surface area contributed by atoms with Gasteiger partial charge in [-0.3, -0.25) is 9.52 Å². The van der Waals surface area contributed by atoms with Crippen LogP contribution in [0.1, 0.15) is 21.5 Å². The minimum absolute atomic E-state index is 0.0132. The molecule has 0 aliphatic heterocycles. The van der Waals surface area contributed by atoms with Gasteiger partial charge >= 0.3 is 6.18 Å². The lowest BCUT2D eigenvalue weighted by Crippen LogP contribution is -2.16. The van der Waals surface area contributed by atoms with Crippen molar-refractivity contribution in [1.82, 2.24) is 0 Å². The van der Waals surface area contributed by atoms with Crippen molar-refractivity contribution in [1.29, 1.82) is 0 Å². The highest BCUT2D eigenvalue weighted by Crippen LogP contribution is 2.31. The number of halogens is 3. The molecule has 0 saturated heterocycles. The first-order valence-electron chi connectivity index (χ1n) is 7.03. The average Bonchev–Trinajstić information content (AvgIpc) is 2.47. The number of hydrogen-bond donors (Lipinski definition) is 2. The van der Waals surface area contributed by atoms with Gasteiger partial charge in [0.25, 0.3) is 5.91 Å².